The Kier molecular flexibility index (Phi) is 5.22. The summed E-state index contributed by atoms with van der Waals surface area (Å²) < 4.78 is 13.3. The van der Waals surface area contributed by atoms with Crippen molar-refractivity contribution in [2.45, 2.75) is 18.2 Å². The van der Waals surface area contributed by atoms with Crippen molar-refractivity contribution in [3.8, 4) is 0 Å². The van der Waals surface area contributed by atoms with Gasteiger partial charge in [-0.3, -0.25) is 4.79 Å². The molecule has 2 nitrogen and oxygen atoms in total. The minimum absolute atomic E-state index is 0.0188. The summed E-state index contributed by atoms with van der Waals surface area (Å²) >= 11 is 9.05. The zero-order valence-electron chi connectivity index (χ0n) is 8.77. The van der Waals surface area contributed by atoms with Crippen molar-refractivity contribution in [1.82, 2.24) is 5.32 Å². The highest BCUT2D eigenvalue weighted by Gasteiger charge is 2.11. The van der Waals surface area contributed by atoms with E-state index in [0.717, 1.165) is 6.42 Å². The Balaban J connectivity index is 2.62. The summed E-state index contributed by atoms with van der Waals surface area (Å²) in [6, 6.07) is 3.92. The maximum atomic E-state index is 13.3. The van der Waals surface area contributed by atoms with E-state index in [4.69, 9.17) is 11.6 Å². The molecule has 16 heavy (non-hydrogen) atoms. The maximum Gasteiger partial charge on any atom is 0.254 e. The largest absolute Gasteiger partial charge is 0.352 e. The summed E-state index contributed by atoms with van der Waals surface area (Å²) in [5, 5.41) is 2.98. The molecule has 1 aromatic carbocycles. The topological polar surface area (TPSA) is 29.1 Å². The SMILES string of the molecule is CC(Br)CCNC(=O)c1cc(Cl)ccc1F. The molecular weight excluding hydrogens is 296 g/mol. The molecule has 1 unspecified atom stereocenters. The molecule has 0 aliphatic rings. The first-order valence-corrected chi connectivity index (χ1v) is 6.17. The minimum atomic E-state index is -0.561. The third kappa shape index (κ3) is 4.10. The van der Waals surface area contributed by atoms with Gasteiger partial charge < -0.3 is 5.32 Å². The monoisotopic (exact) mass is 307 g/mol. The molecule has 0 heterocycles. The van der Waals surface area contributed by atoms with Crippen molar-refractivity contribution in [3.63, 3.8) is 0 Å². The Hall–Kier alpha value is -0.610. The molecule has 1 N–H and O–H groups in total. The van der Waals surface area contributed by atoms with Gasteiger partial charge in [0.05, 0.1) is 5.56 Å². The van der Waals surface area contributed by atoms with E-state index in [1.807, 2.05) is 6.92 Å². The van der Waals surface area contributed by atoms with E-state index in [0.29, 0.717) is 16.4 Å². The van der Waals surface area contributed by atoms with Gasteiger partial charge in [-0.05, 0) is 24.6 Å². The van der Waals surface area contributed by atoms with Crippen molar-refractivity contribution in [2.75, 3.05) is 6.54 Å². The van der Waals surface area contributed by atoms with Crippen molar-refractivity contribution in [2.24, 2.45) is 0 Å². The molecule has 0 fully saturated rings. The number of alkyl halides is 1. The van der Waals surface area contributed by atoms with Crippen molar-refractivity contribution in [3.05, 3.63) is 34.6 Å². The van der Waals surface area contributed by atoms with Gasteiger partial charge in [-0.2, -0.15) is 0 Å². The third-order valence-electron chi connectivity index (χ3n) is 2.00. The average molecular weight is 309 g/mol. The number of halogens is 3. The maximum absolute atomic E-state index is 13.3. The Labute approximate surface area is 107 Å². The summed E-state index contributed by atoms with van der Waals surface area (Å²) in [5.74, 6) is -0.998. The van der Waals surface area contributed by atoms with E-state index in [9.17, 15) is 9.18 Å². The van der Waals surface area contributed by atoms with Gasteiger partial charge in [-0.15, -0.1) is 0 Å². The summed E-state index contributed by atoms with van der Waals surface area (Å²) in [7, 11) is 0. The van der Waals surface area contributed by atoms with Crippen molar-refractivity contribution in [1.29, 1.82) is 0 Å². The van der Waals surface area contributed by atoms with Crippen molar-refractivity contribution < 1.29 is 9.18 Å². The van der Waals surface area contributed by atoms with Crippen LogP contribution < -0.4 is 5.32 Å². The lowest BCUT2D eigenvalue weighted by molar-refractivity contribution is 0.0949. The van der Waals surface area contributed by atoms with E-state index >= 15 is 0 Å². The second-order valence-corrected chi connectivity index (χ2v) is 5.45. The molecule has 0 aromatic heterocycles. The molecule has 0 aliphatic heterocycles. The zero-order valence-corrected chi connectivity index (χ0v) is 11.1. The van der Waals surface area contributed by atoms with Gasteiger partial charge in [-0.1, -0.05) is 34.5 Å². The lowest BCUT2D eigenvalue weighted by atomic mass is 10.2. The van der Waals surface area contributed by atoms with Gasteiger partial charge >= 0.3 is 0 Å². The molecule has 0 aliphatic carbocycles. The minimum Gasteiger partial charge on any atom is -0.352 e. The van der Waals surface area contributed by atoms with E-state index < -0.39 is 11.7 Å². The molecule has 0 bridgehead atoms. The number of hydrogen-bond acceptors (Lipinski definition) is 1. The fourth-order valence-corrected chi connectivity index (χ4v) is 1.55. The molecular formula is C11H12BrClFNO. The molecule has 5 heteroatoms. The van der Waals surface area contributed by atoms with Crippen LogP contribution in [0.25, 0.3) is 0 Å². The van der Waals surface area contributed by atoms with Gasteiger partial charge in [0.2, 0.25) is 0 Å². The third-order valence-corrected chi connectivity index (χ3v) is 2.69. The predicted molar refractivity (Wildman–Crippen MR) is 66.7 cm³/mol. The summed E-state index contributed by atoms with van der Waals surface area (Å²) in [5.41, 5.74) is -0.0188. The van der Waals surface area contributed by atoms with E-state index in [2.05, 4.69) is 21.2 Å². The van der Waals surface area contributed by atoms with Crippen LogP contribution in [0.15, 0.2) is 18.2 Å². The Morgan fingerprint density at radius 3 is 2.94 bits per heavy atom. The number of amides is 1. The first-order valence-electron chi connectivity index (χ1n) is 4.88. The number of carbonyl (C=O) groups excluding carboxylic acids is 1. The number of hydrogen-bond donors (Lipinski definition) is 1. The fraction of sp³-hybridized carbons (Fsp3) is 0.364. The Morgan fingerprint density at radius 1 is 1.62 bits per heavy atom. The van der Waals surface area contributed by atoms with Crippen LogP contribution in [0.5, 0.6) is 0 Å². The first-order chi connectivity index (χ1) is 7.50. The standard InChI is InChI=1S/C11H12BrClFNO/c1-7(12)4-5-15-11(16)9-6-8(13)2-3-10(9)14/h2-3,6-7H,4-5H2,1H3,(H,15,16). The van der Waals surface area contributed by atoms with E-state index in [1.54, 1.807) is 0 Å². The predicted octanol–water partition coefficient (Wildman–Crippen LogP) is 3.38. The van der Waals surface area contributed by atoms with E-state index in [-0.39, 0.29) is 5.56 Å². The van der Waals surface area contributed by atoms with Crippen LogP contribution in [0, 0.1) is 5.82 Å². The number of rotatable bonds is 4. The molecule has 1 amide bonds. The van der Waals surface area contributed by atoms with Crippen LogP contribution in [-0.4, -0.2) is 17.3 Å². The van der Waals surface area contributed by atoms with Crippen LogP contribution in [0.4, 0.5) is 4.39 Å². The lowest BCUT2D eigenvalue weighted by Crippen LogP contribution is -2.26. The van der Waals surface area contributed by atoms with Crippen LogP contribution in [-0.2, 0) is 0 Å². The van der Waals surface area contributed by atoms with E-state index in [1.165, 1.54) is 18.2 Å². The van der Waals surface area contributed by atoms with Gasteiger partial charge in [0, 0.05) is 16.4 Å². The smallest absolute Gasteiger partial charge is 0.254 e. The second kappa shape index (κ2) is 6.21. The molecule has 88 valence electrons. The number of nitrogens with one attached hydrogen (secondary N) is 1. The quantitative estimate of drug-likeness (QED) is 0.849. The highest BCUT2D eigenvalue weighted by Crippen LogP contribution is 2.14. The molecule has 0 spiro atoms. The molecule has 0 saturated heterocycles. The molecule has 1 aromatic rings. The van der Waals surface area contributed by atoms with Crippen LogP contribution in [0.1, 0.15) is 23.7 Å². The summed E-state index contributed by atoms with van der Waals surface area (Å²) in [6.45, 7) is 2.48. The Morgan fingerprint density at radius 2 is 2.31 bits per heavy atom. The Bertz CT molecular complexity index is 384. The highest BCUT2D eigenvalue weighted by atomic mass is 79.9. The molecule has 0 saturated carbocycles. The highest BCUT2D eigenvalue weighted by molar-refractivity contribution is 9.09. The number of benzene rings is 1. The number of carbonyl (C=O) groups is 1. The van der Waals surface area contributed by atoms with Gasteiger partial charge in [0.15, 0.2) is 0 Å². The van der Waals surface area contributed by atoms with Crippen LogP contribution >= 0.6 is 27.5 Å². The molecule has 1 atom stereocenters. The average Bonchev–Trinajstić information content (AvgIpc) is 2.21. The van der Waals surface area contributed by atoms with Gasteiger partial charge in [0.1, 0.15) is 5.82 Å². The fourth-order valence-electron chi connectivity index (χ4n) is 1.15. The summed E-state index contributed by atoms with van der Waals surface area (Å²) in [4.78, 5) is 11.9. The summed E-state index contributed by atoms with van der Waals surface area (Å²) in [6.07, 6.45) is 0.786. The van der Waals surface area contributed by atoms with Crippen LogP contribution in [0.3, 0.4) is 0 Å². The van der Waals surface area contributed by atoms with Crippen molar-refractivity contribution >= 4 is 33.4 Å². The normalized spacial score (nSPS) is 12.2. The van der Waals surface area contributed by atoms with Gasteiger partial charge in [-0.25, -0.2) is 4.39 Å². The zero-order chi connectivity index (χ0) is 12.1. The van der Waals surface area contributed by atoms with Crippen LogP contribution in [0.2, 0.25) is 5.02 Å². The molecule has 1 rings (SSSR count). The molecule has 0 radical (unpaired) electrons. The second-order valence-electron chi connectivity index (χ2n) is 3.45. The van der Waals surface area contributed by atoms with Gasteiger partial charge in [0.25, 0.3) is 5.91 Å². The first kappa shape index (κ1) is 13.5. The lowest BCUT2D eigenvalue weighted by Gasteiger charge is -2.07.